The van der Waals surface area contributed by atoms with E-state index in [-0.39, 0.29) is 25.1 Å². The van der Waals surface area contributed by atoms with Gasteiger partial charge in [0.1, 0.15) is 5.82 Å². The zero-order valence-corrected chi connectivity index (χ0v) is 25.7. The van der Waals surface area contributed by atoms with Crippen LogP contribution in [-0.4, -0.2) is 29.8 Å². The van der Waals surface area contributed by atoms with Gasteiger partial charge in [0, 0.05) is 35.8 Å². The molecular weight excluding hydrogens is 592 g/mol. The van der Waals surface area contributed by atoms with Gasteiger partial charge in [0.15, 0.2) is 11.0 Å². The van der Waals surface area contributed by atoms with Crippen molar-refractivity contribution in [1.82, 2.24) is 24.1 Å². The van der Waals surface area contributed by atoms with E-state index >= 15 is 0 Å². The molecule has 3 aromatic heterocycles. The van der Waals surface area contributed by atoms with Crippen LogP contribution in [0.5, 0.6) is 0 Å². The summed E-state index contributed by atoms with van der Waals surface area (Å²) in [6, 6.07) is 25.2. The zero-order chi connectivity index (χ0) is 31.3. The first-order chi connectivity index (χ1) is 21.8. The third kappa shape index (κ3) is 7.19. The molecule has 0 aliphatic rings. The molecular formula is C35H31F2N5O2S. The van der Waals surface area contributed by atoms with Crippen LogP contribution in [0.3, 0.4) is 0 Å². The van der Waals surface area contributed by atoms with Gasteiger partial charge in [-0.3, -0.25) is 4.79 Å². The molecule has 0 amide bonds. The maximum atomic E-state index is 14.9. The molecule has 0 N–H and O–H groups in total. The molecule has 45 heavy (non-hydrogen) atoms. The van der Waals surface area contributed by atoms with E-state index in [1.165, 1.54) is 28.5 Å². The number of thioether (sulfide) groups is 1. The number of hydrogen-bond donors (Lipinski definition) is 0. The number of rotatable bonds is 11. The Bertz CT molecular complexity index is 2010. The summed E-state index contributed by atoms with van der Waals surface area (Å²) in [5.74, 6) is -0.519. The predicted molar refractivity (Wildman–Crippen MR) is 172 cm³/mol. The fraction of sp³-hybridized carbons (Fsp3) is 0.200. The Kier molecular flexibility index (Phi) is 9.13. The monoisotopic (exact) mass is 623 g/mol. The van der Waals surface area contributed by atoms with Crippen molar-refractivity contribution in [3.8, 4) is 11.3 Å². The van der Waals surface area contributed by atoms with Crippen molar-refractivity contribution in [3.63, 3.8) is 0 Å². The average molecular weight is 624 g/mol. The average Bonchev–Trinajstić information content (AvgIpc) is 3.41. The van der Waals surface area contributed by atoms with Gasteiger partial charge in [-0.15, -0.1) is 0 Å². The van der Waals surface area contributed by atoms with Crippen LogP contribution in [-0.2, 0) is 24.9 Å². The van der Waals surface area contributed by atoms with E-state index in [1.807, 2.05) is 67.1 Å². The second-order valence-electron chi connectivity index (χ2n) is 10.8. The van der Waals surface area contributed by atoms with Gasteiger partial charge in [0.05, 0.1) is 42.3 Å². The minimum Gasteiger partial charge on any atom is -0.369 e. The van der Waals surface area contributed by atoms with Crippen molar-refractivity contribution < 1.29 is 13.5 Å². The highest BCUT2D eigenvalue weighted by atomic mass is 32.2. The van der Waals surface area contributed by atoms with E-state index < -0.39 is 11.4 Å². The summed E-state index contributed by atoms with van der Waals surface area (Å²) < 4.78 is 38.6. The Hall–Kier alpha value is -4.67. The van der Waals surface area contributed by atoms with E-state index in [4.69, 9.17) is 9.72 Å². The van der Waals surface area contributed by atoms with Crippen molar-refractivity contribution in [3.05, 3.63) is 142 Å². The molecule has 0 spiro atoms. The summed E-state index contributed by atoms with van der Waals surface area (Å²) >= 11 is 1.46. The van der Waals surface area contributed by atoms with Crippen molar-refractivity contribution in [2.45, 2.75) is 37.8 Å². The second-order valence-corrected chi connectivity index (χ2v) is 11.9. The summed E-state index contributed by atoms with van der Waals surface area (Å²) in [7, 11) is 1.91. The molecule has 0 saturated carbocycles. The van der Waals surface area contributed by atoms with E-state index in [0.29, 0.717) is 34.2 Å². The van der Waals surface area contributed by atoms with Gasteiger partial charge in [-0.05, 0) is 54.8 Å². The SMILES string of the molecule is Cc1cc(-c2cc(F)c(=O)n(Cc3ccc4c(c3)ncn4C)c2)nc(SCCC(OCc2ccccc2F)c2ccccc2)n1. The Labute approximate surface area is 263 Å². The van der Waals surface area contributed by atoms with Crippen LogP contribution in [0, 0.1) is 18.6 Å². The highest BCUT2D eigenvalue weighted by Gasteiger charge is 2.16. The molecule has 3 heterocycles. The third-order valence-corrected chi connectivity index (χ3v) is 8.38. The van der Waals surface area contributed by atoms with Crippen LogP contribution in [0.2, 0.25) is 0 Å². The van der Waals surface area contributed by atoms with Crippen LogP contribution in [0.1, 0.15) is 34.9 Å². The fourth-order valence-corrected chi connectivity index (χ4v) is 6.05. The lowest BCUT2D eigenvalue weighted by Crippen LogP contribution is -2.23. The molecule has 6 aromatic rings. The lowest BCUT2D eigenvalue weighted by atomic mass is 10.1. The Morgan fingerprint density at radius 3 is 2.56 bits per heavy atom. The number of hydrogen-bond acceptors (Lipinski definition) is 6. The van der Waals surface area contributed by atoms with Crippen LogP contribution < -0.4 is 5.56 Å². The summed E-state index contributed by atoms with van der Waals surface area (Å²) in [5.41, 5.74) is 5.13. The molecule has 10 heteroatoms. The molecule has 7 nitrogen and oxygen atoms in total. The highest BCUT2D eigenvalue weighted by molar-refractivity contribution is 7.99. The van der Waals surface area contributed by atoms with Crippen LogP contribution in [0.4, 0.5) is 8.78 Å². The van der Waals surface area contributed by atoms with Gasteiger partial charge in [0.25, 0.3) is 5.56 Å². The lowest BCUT2D eigenvalue weighted by molar-refractivity contribution is 0.0364. The molecule has 0 fully saturated rings. The minimum atomic E-state index is -0.852. The summed E-state index contributed by atoms with van der Waals surface area (Å²) in [4.78, 5) is 26.4. The van der Waals surface area contributed by atoms with Gasteiger partial charge >= 0.3 is 0 Å². The van der Waals surface area contributed by atoms with E-state index in [2.05, 4.69) is 9.97 Å². The van der Waals surface area contributed by atoms with E-state index in [0.717, 1.165) is 27.9 Å². The number of nitrogens with zero attached hydrogens (tertiary/aromatic N) is 5. The van der Waals surface area contributed by atoms with Crippen molar-refractivity contribution >= 4 is 22.8 Å². The smallest absolute Gasteiger partial charge is 0.286 e. The molecule has 0 radical (unpaired) electrons. The van der Waals surface area contributed by atoms with Gasteiger partial charge in [-0.2, -0.15) is 0 Å². The molecule has 0 aliphatic heterocycles. The zero-order valence-electron chi connectivity index (χ0n) is 24.9. The van der Waals surface area contributed by atoms with Gasteiger partial charge in [-0.25, -0.2) is 23.7 Å². The number of imidazole rings is 1. The molecule has 1 atom stereocenters. The Balaban J connectivity index is 1.18. The molecule has 1 unspecified atom stereocenters. The number of aryl methyl sites for hydroxylation is 2. The van der Waals surface area contributed by atoms with E-state index in [1.54, 1.807) is 36.8 Å². The van der Waals surface area contributed by atoms with Crippen molar-refractivity contribution in [1.29, 1.82) is 0 Å². The number of ether oxygens (including phenoxy) is 1. The number of benzene rings is 3. The molecule has 3 aromatic carbocycles. The molecule has 6 rings (SSSR count). The Morgan fingerprint density at radius 1 is 0.933 bits per heavy atom. The molecule has 228 valence electrons. The van der Waals surface area contributed by atoms with Crippen LogP contribution in [0.25, 0.3) is 22.3 Å². The number of halogens is 2. The first-order valence-corrected chi connectivity index (χ1v) is 15.5. The summed E-state index contributed by atoms with van der Waals surface area (Å²) in [6.45, 7) is 2.20. The molecule has 0 aliphatic carbocycles. The van der Waals surface area contributed by atoms with Gasteiger partial charge in [-0.1, -0.05) is 66.4 Å². The topological polar surface area (TPSA) is 74.8 Å². The van der Waals surface area contributed by atoms with Crippen molar-refractivity contribution in [2.24, 2.45) is 7.05 Å². The third-order valence-electron chi connectivity index (χ3n) is 7.49. The Morgan fingerprint density at radius 2 is 1.73 bits per heavy atom. The lowest BCUT2D eigenvalue weighted by Gasteiger charge is -2.18. The molecule has 0 bridgehead atoms. The van der Waals surface area contributed by atoms with E-state index in [9.17, 15) is 13.6 Å². The van der Waals surface area contributed by atoms with Crippen molar-refractivity contribution in [2.75, 3.05) is 5.75 Å². The quantitative estimate of drug-likeness (QED) is 0.112. The first-order valence-electron chi connectivity index (χ1n) is 14.5. The highest BCUT2D eigenvalue weighted by Crippen LogP contribution is 2.28. The maximum absolute atomic E-state index is 14.9. The fourth-order valence-electron chi connectivity index (χ4n) is 5.16. The second kappa shape index (κ2) is 13.5. The number of fused-ring (bicyclic) bond motifs is 1. The number of aromatic nitrogens is 5. The largest absolute Gasteiger partial charge is 0.369 e. The first kappa shape index (κ1) is 30.4. The number of pyridine rings is 1. The normalized spacial score (nSPS) is 12.1. The van der Waals surface area contributed by atoms with Crippen LogP contribution >= 0.6 is 11.8 Å². The minimum absolute atomic E-state index is 0.152. The standard InChI is InChI=1S/C35H31F2N5O2S/c1-23-16-30(27-18-29(37)34(43)42(20-27)19-24-12-13-32-31(17-24)38-22-41(32)2)40-35(39-23)45-15-14-33(25-8-4-3-5-9-25)44-21-26-10-6-7-11-28(26)36/h3-13,16-18,20,22,33H,14-15,19,21H2,1-2H3. The maximum Gasteiger partial charge on any atom is 0.286 e. The van der Waals surface area contributed by atoms with Crippen LogP contribution in [0.15, 0.2) is 107 Å². The molecule has 0 saturated heterocycles. The van der Waals surface area contributed by atoms with Gasteiger partial charge < -0.3 is 13.9 Å². The van der Waals surface area contributed by atoms with Gasteiger partial charge in [0.2, 0.25) is 0 Å². The summed E-state index contributed by atoms with van der Waals surface area (Å²) in [5, 5.41) is 0.532. The summed E-state index contributed by atoms with van der Waals surface area (Å²) in [6.07, 6.45) is 3.74. The predicted octanol–water partition coefficient (Wildman–Crippen LogP) is 7.27.